The summed E-state index contributed by atoms with van der Waals surface area (Å²) in [5.41, 5.74) is 2.70. The maximum Gasteiger partial charge on any atom is 0.300 e. The summed E-state index contributed by atoms with van der Waals surface area (Å²) < 4.78 is 5.81. The Balaban J connectivity index is 1.98. The minimum absolute atomic E-state index is 0.0301. The Kier molecular flexibility index (Phi) is 5.00. The number of amides is 1. The van der Waals surface area contributed by atoms with E-state index in [1.807, 2.05) is 32.0 Å². The molecule has 1 N–H and O–H groups in total. The first kappa shape index (κ1) is 20.0. The Hall–Kier alpha value is -3.31. The van der Waals surface area contributed by atoms with Gasteiger partial charge in [0, 0.05) is 16.3 Å². The zero-order chi connectivity index (χ0) is 21.6. The molecular weight excluding hydrogens is 402 g/mol. The summed E-state index contributed by atoms with van der Waals surface area (Å²) in [6.07, 6.45) is 0. The Morgan fingerprint density at radius 1 is 1.03 bits per heavy atom. The third-order valence-corrected chi connectivity index (χ3v) is 5.43. The first-order valence-corrected chi connectivity index (χ1v) is 9.86. The fourth-order valence-corrected chi connectivity index (χ4v) is 3.91. The Bertz CT molecular complexity index is 1210. The summed E-state index contributed by atoms with van der Waals surface area (Å²) in [6, 6.07) is 14.8. The van der Waals surface area contributed by atoms with Crippen LogP contribution in [0.4, 0.5) is 5.69 Å². The lowest BCUT2D eigenvalue weighted by Crippen LogP contribution is -2.30. The minimum Gasteiger partial charge on any atom is -0.507 e. The maximum atomic E-state index is 13.1. The molecule has 0 bridgehead atoms. The van der Waals surface area contributed by atoms with Gasteiger partial charge in [0.05, 0.1) is 5.57 Å². The Morgan fingerprint density at radius 2 is 1.80 bits per heavy atom. The van der Waals surface area contributed by atoms with Gasteiger partial charge in [0.1, 0.15) is 23.3 Å². The van der Waals surface area contributed by atoms with E-state index >= 15 is 0 Å². The molecule has 4 rings (SSSR count). The molecule has 0 aliphatic carbocycles. The molecule has 2 heterocycles. The number of anilines is 1. The van der Waals surface area contributed by atoms with Crippen LogP contribution < -0.4 is 4.90 Å². The number of rotatable bonds is 3. The highest BCUT2D eigenvalue weighted by atomic mass is 35.5. The van der Waals surface area contributed by atoms with E-state index in [0.29, 0.717) is 27.8 Å². The number of carbonyl (C=O) groups excluding carboxylic acids is 2. The van der Waals surface area contributed by atoms with Crippen molar-refractivity contribution in [3.05, 3.63) is 93.4 Å². The van der Waals surface area contributed by atoms with Crippen LogP contribution in [0.15, 0.2) is 64.6 Å². The number of aliphatic hydroxyl groups is 1. The van der Waals surface area contributed by atoms with Crippen molar-refractivity contribution >= 4 is 34.7 Å². The van der Waals surface area contributed by atoms with Crippen molar-refractivity contribution in [3.63, 3.8) is 0 Å². The van der Waals surface area contributed by atoms with Crippen molar-refractivity contribution in [2.75, 3.05) is 4.90 Å². The molecule has 1 atom stereocenters. The number of hydrogen-bond donors (Lipinski definition) is 1. The van der Waals surface area contributed by atoms with Crippen molar-refractivity contribution in [2.45, 2.75) is 26.8 Å². The molecule has 0 saturated carbocycles. The SMILES string of the molecule is Cc1ccc(C)c(N2C(=O)C(=O)/C(=C(\O)c3cccc(Cl)c3)C2c2ccc(C)o2)c1. The smallest absolute Gasteiger partial charge is 0.300 e. The van der Waals surface area contributed by atoms with E-state index in [2.05, 4.69) is 0 Å². The van der Waals surface area contributed by atoms with E-state index in [1.165, 1.54) is 4.90 Å². The van der Waals surface area contributed by atoms with E-state index in [-0.39, 0.29) is 11.3 Å². The van der Waals surface area contributed by atoms with Gasteiger partial charge in [0.15, 0.2) is 0 Å². The monoisotopic (exact) mass is 421 g/mol. The zero-order valence-electron chi connectivity index (χ0n) is 16.8. The minimum atomic E-state index is -0.891. The quantitative estimate of drug-likeness (QED) is 0.345. The lowest BCUT2D eigenvalue weighted by molar-refractivity contribution is -0.132. The number of aryl methyl sites for hydroxylation is 3. The van der Waals surface area contributed by atoms with Crippen LogP contribution in [-0.2, 0) is 9.59 Å². The number of ketones is 1. The van der Waals surface area contributed by atoms with E-state index < -0.39 is 17.7 Å². The molecule has 1 unspecified atom stereocenters. The topological polar surface area (TPSA) is 70.8 Å². The van der Waals surface area contributed by atoms with Crippen LogP contribution in [0.3, 0.4) is 0 Å². The van der Waals surface area contributed by atoms with Crippen molar-refractivity contribution in [3.8, 4) is 0 Å². The number of hydrogen-bond acceptors (Lipinski definition) is 4. The van der Waals surface area contributed by atoms with Crippen LogP contribution in [0.2, 0.25) is 5.02 Å². The highest BCUT2D eigenvalue weighted by molar-refractivity contribution is 6.51. The molecule has 0 radical (unpaired) electrons. The van der Waals surface area contributed by atoms with E-state index in [4.69, 9.17) is 16.0 Å². The average molecular weight is 422 g/mol. The lowest BCUT2D eigenvalue weighted by atomic mass is 9.99. The van der Waals surface area contributed by atoms with Gasteiger partial charge in [-0.3, -0.25) is 14.5 Å². The van der Waals surface area contributed by atoms with Crippen LogP contribution in [-0.4, -0.2) is 16.8 Å². The summed E-state index contributed by atoms with van der Waals surface area (Å²) >= 11 is 6.07. The summed E-state index contributed by atoms with van der Waals surface area (Å²) in [4.78, 5) is 27.6. The Labute approximate surface area is 179 Å². The van der Waals surface area contributed by atoms with Crippen molar-refractivity contribution in [2.24, 2.45) is 0 Å². The third kappa shape index (κ3) is 3.31. The van der Waals surface area contributed by atoms with Crippen molar-refractivity contribution in [1.29, 1.82) is 0 Å². The number of benzene rings is 2. The van der Waals surface area contributed by atoms with Gasteiger partial charge in [-0.05, 0) is 62.2 Å². The predicted molar refractivity (Wildman–Crippen MR) is 116 cm³/mol. The lowest BCUT2D eigenvalue weighted by Gasteiger charge is -2.25. The molecule has 1 fully saturated rings. The maximum absolute atomic E-state index is 13.1. The highest BCUT2D eigenvalue weighted by Gasteiger charge is 2.48. The molecule has 30 heavy (non-hydrogen) atoms. The van der Waals surface area contributed by atoms with Gasteiger partial charge < -0.3 is 9.52 Å². The van der Waals surface area contributed by atoms with E-state index in [9.17, 15) is 14.7 Å². The Morgan fingerprint density at radius 3 is 2.47 bits per heavy atom. The molecule has 5 nitrogen and oxygen atoms in total. The van der Waals surface area contributed by atoms with Gasteiger partial charge in [-0.2, -0.15) is 0 Å². The van der Waals surface area contributed by atoms with Crippen LogP contribution in [0.25, 0.3) is 5.76 Å². The highest BCUT2D eigenvalue weighted by Crippen LogP contribution is 2.43. The standard InChI is InChI=1S/C24H20ClNO4/c1-13-7-8-14(2)18(11-13)26-21(19-10-9-15(3)30-19)20(23(28)24(26)29)22(27)16-5-4-6-17(25)12-16/h4-12,21,27H,1-3H3/b22-20-. The summed E-state index contributed by atoms with van der Waals surface area (Å²) in [6.45, 7) is 5.57. The number of carbonyl (C=O) groups is 2. The van der Waals surface area contributed by atoms with Crippen LogP contribution >= 0.6 is 11.6 Å². The molecule has 1 saturated heterocycles. The van der Waals surface area contributed by atoms with Crippen LogP contribution in [0.1, 0.15) is 34.3 Å². The molecular formula is C24H20ClNO4. The van der Waals surface area contributed by atoms with Crippen molar-refractivity contribution in [1.82, 2.24) is 0 Å². The first-order valence-electron chi connectivity index (χ1n) is 9.48. The molecule has 1 aromatic heterocycles. The first-order chi connectivity index (χ1) is 14.3. The molecule has 152 valence electrons. The fraction of sp³-hybridized carbons (Fsp3) is 0.167. The van der Waals surface area contributed by atoms with Gasteiger partial charge in [-0.15, -0.1) is 0 Å². The van der Waals surface area contributed by atoms with E-state index in [1.54, 1.807) is 43.3 Å². The van der Waals surface area contributed by atoms with Crippen LogP contribution in [0.5, 0.6) is 0 Å². The average Bonchev–Trinajstić information content (AvgIpc) is 3.25. The molecule has 1 aliphatic heterocycles. The second-order valence-corrected chi connectivity index (χ2v) is 7.85. The third-order valence-electron chi connectivity index (χ3n) is 5.20. The fourth-order valence-electron chi connectivity index (χ4n) is 3.72. The molecule has 3 aromatic rings. The molecule has 1 amide bonds. The van der Waals surface area contributed by atoms with Crippen LogP contribution in [0, 0.1) is 20.8 Å². The van der Waals surface area contributed by atoms with E-state index in [0.717, 1.165) is 11.1 Å². The van der Waals surface area contributed by atoms with Gasteiger partial charge >= 0.3 is 0 Å². The second-order valence-electron chi connectivity index (χ2n) is 7.42. The molecule has 0 spiro atoms. The number of furan rings is 1. The number of Topliss-reactive ketones (excluding diaryl/α,β-unsaturated/α-hetero) is 1. The number of aliphatic hydroxyl groups excluding tert-OH is 1. The number of halogens is 1. The largest absolute Gasteiger partial charge is 0.507 e. The molecule has 6 heteroatoms. The van der Waals surface area contributed by atoms with Gasteiger partial charge in [-0.25, -0.2) is 0 Å². The predicted octanol–water partition coefficient (Wildman–Crippen LogP) is 5.48. The normalized spacial score (nSPS) is 18.3. The number of nitrogens with zero attached hydrogens (tertiary/aromatic N) is 1. The summed E-state index contributed by atoms with van der Waals surface area (Å²) in [5.74, 6) is -0.739. The summed E-state index contributed by atoms with van der Waals surface area (Å²) in [5, 5.41) is 11.5. The van der Waals surface area contributed by atoms with Gasteiger partial charge in [0.2, 0.25) is 0 Å². The van der Waals surface area contributed by atoms with Gasteiger partial charge in [0.25, 0.3) is 11.7 Å². The van der Waals surface area contributed by atoms with Gasteiger partial charge in [-0.1, -0.05) is 35.9 Å². The molecule has 2 aromatic carbocycles. The summed E-state index contributed by atoms with van der Waals surface area (Å²) in [7, 11) is 0. The molecule has 1 aliphatic rings. The second kappa shape index (κ2) is 7.50. The van der Waals surface area contributed by atoms with Crippen molar-refractivity contribution < 1.29 is 19.1 Å². The zero-order valence-corrected chi connectivity index (χ0v) is 17.5.